The smallest absolute Gasteiger partial charge is 0.145 e. The van der Waals surface area contributed by atoms with Crippen molar-refractivity contribution in [3.63, 3.8) is 0 Å². The average molecular weight is 226 g/mol. The van der Waals surface area contributed by atoms with Crippen molar-refractivity contribution < 1.29 is 14.4 Å². The second kappa shape index (κ2) is 6.56. The molecule has 0 atom stereocenters. The van der Waals surface area contributed by atoms with Gasteiger partial charge in [0.15, 0.2) is 0 Å². The van der Waals surface area contributed by atoms with Gasteiger partial charge in [-0.1, -0.05) is 27.7 Å². The highest BCUT2D eigenvalue weighted by Gasteiger charge is 2.29. The van der Waals surface area contributed by atoms with E-state index in [0.717, 1.165) is 0 Å². The number of Topliss-reactive ketones (excluding diaryl/α,β-unsaturated/α-hetero) is 3. The van der Waals surface area contributed by atoms with Gasteiger partial charge in [0.05, 0.1) is 5.92 Å². The Morgan fingerprint density at radius 1 is 0.875 bits per heavy atom. The van der Waals surface area contributed by atoms with Crippen molar-refractivity contribution in [1.82, 2.24) is 0 Å². The Labute approximate surface area is 97.6 Å². The first-order valence-corrected chi connectivity index (χ1v) is 5.84. The first-order valence-electron chi connectivity index (χ1n) is 5.84. The normalized spacial score (nSPS) is 11.2. The molecule has 0 unspecified atom stereocenters. The third kappa shape index (κ3) is 4.69. The van der Waals surface area contributed by atoms with Gasteiger partial charge in [0.2, 0.25) is 0 Å². The van der Waals surface area contributed by atoms with E-state index in [-0.39, 0.29) is 29.2 Å². The molecule has 0 aliphatic heterocycles. The van der Waals surface area contributed by atoms with Crippen LogP contribution in [0, 0.1) is 17.8 Å². The van der Waals surface area contributed by atoms with Crippen molar-refractivity contribution in [2.45, 2.75) is 47.5 Å². The summed E-state index contributed by atoms with van der Waals surface area (Å²) in [6.07, 6.45) is 0.672. The molecule has 16 heavy (non-hydrogen) atoms. The quantitative estimate of drug-likeness (QED) is 0.626. The molecule has 0 saturated heterocycles. The van der Waals surface area contributed by atoms with Crippen LogP contribution >= 0.6 is 0 Å². The number of rotatable bonds is 7. The third-order valence-electron chi connectivity index (χ3n) is 2.61. The molecular weight excluding hydrogens is 204 g/mol. The van der Waals surface area contributed by atoms with Gasteiger partial charge in [0, 0.05) is 18.3 Å². The number of hydrogen-bond donors (Lipinski definition) is 0. The highest BCUT2D eigenvalue weighted by atomic mass is 16.2. The van der Waals surface area contributed by atoms with Gasteiger partial charge in [0.25, 0.3) is 0 Å². The standard InChI is InChI=1S/C13H22O3/c1-8(2)12(15)11(7-6-10(5)14)13(16)9(3)4/h8-9,11H,6-7H2,1-5H3. The van der Waals surface area contributed by atoms with E-state index in [9.17, 15) is 14.4 Å². The lowest BCUT2D eigenvalue weighted by atomic mass is 9.83. The van der Waals surface area contributed by atoms with Crippen LogP contribution in [0.2, 0.25) is 0 Å². The predicted octanol–water partition coefficient (Wildman–Crippen LogP) is 2.42. The third-order valence-corrected chi connectivity index (χ3v) is 2.61. The number of hydrogen-bond acceptors (Lipinski definition) is 3. The van der Waals surface area contributed by atoms with Crippen LogP contribution in [0.5, 0.6) is 0 Å². The van der Waals surface area contributed by atoms with E-state index in [1.165, 1.54) is 6.92 Å². The lowest BCUT2D eigenvalue weighted by Crippen LogP contribution is -2.31. The molecule has 0 fully saturated rings. The molecule has 0 heterocycles. The van der Waals surface area contributed by atoms with Crippen LogP contribution in [0.4, 0.5) is 0 Å². The largest absolute Gasteiger partial charge is 0.300 e. The lowest BCUT2D eigenvalue weighted by Gasteiger charge is -2.18. The maximum atomic E-state index is 11.9. The molecule has 0 rings (SSSR count). The van der Waals surface area contributed by atoms with E-state index >= 15 is 0 Å². The molecule has 0 saturated carbocycles. The Hall–Kier alpha value is -0.990. The number of ketones is 3. The van der Waals surface area contributed by atoms with E-state index in [1.807, 2.05) is 0 Å². The van der Waals surface area contributed by atoms with Gasteiger partial charge in [-0.25, -0.2) is 0 Å². The van der Waals surface area contributed by atoms with Gasteiger partial charge >= 0.3 is 0 Å². The Balaban J connectivity index is 4.70. The van der Waals surface area contributed by atoms with Gasteiger partial charge in [0.1, 0.15) is 17.3 Å². The van der Waals surface area contributed by atoms with E-state index in [2.05, 4.69) is 0 Å². The minimum Gasteiger partial charge on any atom is -0.300 e. The van der Waals surface area contributed by atoms with E-state index in [1.54, 1.807) is 27.7 Å². The fourth-order valence-electron chi connectivity index (χ4n) is 1.58. The monoisotopic (exact) mass is 226 g/mol. The SMILES string of the molecule is CC(=O)CCC(C(=O)C(C)C)C(=O)C(C)C. The maximum absolute atomic E-state index is 11.9. The zero-order valence-corrected chi connectivity index (χ0v) is 10.9. The van der Waals surface area contributed by atoms with Crippen LogP contribution in [0.3, 0.4) is 0 Å². The topological polar surface area (TPSA) is 51.2 Å². The summed E-state index contributed by atoms with van der Waals surface area (Å²) in [6.45, 7) is 8.64. The van der Waals surface area contributed by atoms with Crippen LogP contribution in [0.15, 0.2) is 0 Å². The molecule has 3 nitrogen and oxygen atoms in total. The molecule has 0 aromatic rings. The molecule has 0 N–H and O–H groups in total. The van der Waals surface area contributed by atoms with Crippen LogP contribution in [0.1, 0.15) is 47.5 Å². The van der Waals surface area contributed by atoms with Crippen molar-refractivity contribution in [3.05, 3.63) is 0 Å². The second-order valence-electron chi connectivity index (χ2n) is 4.91. The molecule has 0 radical (unpaired) electrons. The summed E-state index contributed by atoms with van der Waals surface area (Å²) in [7, 11) is 0. The summed E-state index contributed by atoms with van der Waals surface area (Å²) < 4.78 is 0. The highest BCUT2D eigenvalue weighted by molar-refractivity contribution is 6.04. The van der Waals surface area contributed by atoms with Gasteiger partial charge in [-0.3, -0.25) is 9.59 Å². The first-order chi connectivity index (χ1) is 7.27. The summed E-state index contributed by atoms with van der Waals surface area (Å²) in [4.78, 5) is 34.6. The van der Waals surface area contributed by atoms with Crippen LogP contribution in [-0.2, 0) is 14.4 Å². The van der Waals surface area contributed by atoms with Gasteiger partial charge in [-0.05, 0) is 13.3 Å². The fraction of sp³-hybridized carbons (Fsp3) is 0.769. The van der Waals surface area contributed by atoms with Crippen LogP contribution in [-0.4, -0.2) is 17.3 Å². The van der Waals surface area contributed by atoms with Gasteiger partial charge < -0.3 is 4.79 Å². The Morgan fingerprint density at radius 3 is 1.50 bits per heavy atom. The molecule has 0 amide bonds. The van der Waals surface area contributed by atoms with Gasteiger partial charge in [-0.15, -0.1) is 0 Å². The zero-order chi connectivity index (χ0) is 12.9. The molecule has 0 spiro atoms. The predicted molar refractivity (Wildman–Crippen MR) is 63.1 cm³/mol. The molecule has 92 valence electrons. The second-order valence-corrected chi connectivity index (χ2v) is 4.91. The number of carbonyl (C=O) groups is 3. The summed E-state index contributed by atoms with van der Waals surface area (Å²) in [5, 5.41) is 0. The van der Waals surface area contributed by atoms with E-state index in [0.29, 0.717) is 12.8 Å². The van der Waals surface area contributed by atoms with Crippen LogP contribution in [0.25, 0.3) is 0 Å². The van der Waals surface area contributed by atoms with Crippen LogP contribution < -0.4 is 0 Å². The average Bonchev–Trinajstić information content (AvgIpc) is 2.16. The highest BCUT2D eigenvalue weighted by Crippen LogP contribution is 2.18. The molecule has 0 aromatic heterocycles. The molecule has 3 heteroatoms. The van der Waals surface area contributed by atoms with Crippen molar-refractivity contribution >= 4 is 17.3 Å². The van der Waals surface area contributed by atoms with Crippen molar-refractivity contribution in [3.8, 4) is 0 Å². The maximum Gasteiger partial charge on any atom is 0.145 e. The minimum absolute atomic E-state index is 0.0260. The van der Waals surface area contributed by atoms with Gasteiger partial charge in [-0.2, -0.15) is 0 Å². The summed E-state index contributed by atoms with van der Waals surface area (Å²) in [6, 6.07) is 0. The first kappa shape index (κ1) is 15.0. The van der Waals surface area contributed by atoms with E-state index in [4.69, 9.17) is 0 Å². The fourth-order valence-corrected chi connectivity index (χ4v) is 1.58. The summed E-state index contributed by atoms with van der Waals surface area (Å²) >= 11 is 0. The van der Waals surface area contributed by atoms with Crippen molar-refractivity contribution in [2.24, 2.45) is 17.8 Å². The molecular formula is C13H22O3. The van der Waals surface area contributed by atoms with Crippen molar-refractivity contribution in [2.75, 3.05) is 0 Å². The molecule has 0 aliphatic carbocycles. The Kier molecular flexibility index (Phi) is 6.16. The molecule has 0 bridgehead atoms. The molecule has 0 aliphatic rings. The Morgan fingerprint density at radius 2 is 1.25 bits per heavy atom. The lowest BCUT2D eigenvalue weighted by molar-refractivity contribution is -0.136. The molecule has 0 aromatic carbocycles. The minimum atomic E-state index is -0.594. The van der Waals surface area contributed by atoms with E-state index < -0.39 is 5.92 Å². The van der Waals surface area contributed by atoms with Crippen molar-refractivity contribution in [1.29, 1.82) is 0 Å². The zero-order valence-electron chi connectivity index (χ0n) is 10.9. The summed E-state index contributed by atoms with van der Waals surface area (Å²) in [5.41, 5.74) is 0. The Bertz CT molecular complexity index is 257. The summed E-state index contributed by atoms with van der Waals surface area (Å²) in [5.74, 6) is -0.957. The number of carbonyl (C=O) groups excluding carboxylic acids is 3.